The van der Waals surface area contributed by atoms with Gasteiger partial charge in [-0.1, -0.05) is 28.6 Å². The highest BCUT2D eigenvalue weighted by Gasteiger charge is 2.11. The maximum atomic E-state index is 11.9. The first-order chi connectivity index (χ1) is 9.70. The number of carbonyl (C=O) groups excluding carboxylic acids is 1. The largest absolute Gasteiger partial charge is 0.395 e. The molecular formula is C14H11ClN2O3. The molecule has 0 aliphatic rings. The van der Waals surface area contributed by atoms with E-state index in [9.17, 15) is 4.79 Å². The van der Waals surface area contributed by atoms with Crippen molar-refractivity contribution in [3.8, 4) is 11.8 Å². The number of rotatable bonds is 3. The van der Waals surface area contributed by atoms with Crippen LogP contribution in [0.15, 0.2) is 35.1 Å². The molecule has 0 atom stereocenters. The van der Waals surface area contributed by atoms with E-state index in [-0.39, 0.29) is 12.3 Å². The normalized spacial score (nSPS) is 9.70. The number of aromatic nitrogens is 1. The summed E-state index contributed by atoms with van der Waals surface area (Å²) in [5, 5.41) is 15.5. The number of amides is 1. The molecule has 0 unspecified atom stereocenters. The van der Waals surface area contributed by atoms with Crippen LogP contribution in [0.25, 0.3) is 0 Å². The van der Waals surface area contributed by atoms with E-state index >= 15 is 0 Å². The zero-order valence-corrected chi connectivity index (χ0v) is 11.1. The molecule has 0 radical (unpaired) electrons. The fourth-order valence-electron chi connectivity index (χ4n) is 1.46. The Morgan fingerprint density at radius 1 is 1.45 bits per heavy atom. The molecule has 0 aliphatic heterocycles. The minimum atomic E-state index is -0.397. The lowest BCUT2D eigenvalue weighted by molar-refractivity contribution is 0.101. The third-order valence-electron chi connectivity index (χ3n) is 2.36. The molecule has 6 heteroatoms. The van der Waals surface area contributed by atoms with Crippen LogP contribution in [-0.2, 0) is 0 Å². The maximum absolute atomic E-state index is 11.9. The van der Waals surface area contributed by atoms with Gasteiger partial charge in [0.25, 0.3) is 5.91 Å². The Morgan fingerprint density at radius 3 is 3.00 bits per heavy atom. The predicted molar refractivity (Wildman–Crippen MR) is 74.5 cm³/mol. The zero-order chi connectivity index (χ0) is 14.4. The third-order valence-corrected chi connectivity index (χ3v) is 2.60. The maximum Gasteiger partial charge on any atom is 0.277 e. The van der Waals surface area contributed by atoms with Crippen LogP contribution in [0.5, 0.6) is 0 Å². The topological polar surface area (TPSA) is 75.4 Å². The molecule has 1 aromatic carbocycles. The Hall–Kier alpha value is -2.29. The first kappa shape index (κ1) is 14.1. The minimum Gasteiger partial charge on any atom is -0.395 e. The van der Waals surface area contributed by atoms with Gasteiger partial charge >= 0.3 is 0 Å². The molecule has 1 aromatic heterocycles. The summed E-state index contributed by atoms with van der Waals surface area (Å²) >= 11 is 5.91. The molecule has 0 saturated carbocycles. The van der Waals surface area contributed by atoms with Crippen molar-refractivity contribution >= 4 is 23.2 Å². The average Bonchev–Trinajstić information content (AvgIpc) is 2.96. The predicted octanol–water partition coefficient (Wildman–Crippen LogP) is 2.31. The molecule has 0 fully saturated rings. The van der Waals surface area contributed by atoms with Gasteiger partial charge in [-0.2, -0.15) is 0 Å². The number of hydrogen-bond acceptors (Lipinski definition) is 4. The van der Waals surface area contributed by atoms with Crippen molar-refractivity contribution in [3.05, 3.63) is 46.8 Å². The van der Waals surface area contributed by atoms with Crippen molar-refractivity contribution in [1.29, 1.82) is 0 Å². The summed E-state index contributed by atoms with van der Waals surface area (Å²) in [6.07, 6.45) is 1.67. The van der Waals surface area contributed by atoms with Crippen molar-refractivity contribution < 1.29 is 14.4 Å². The average molecular weight is 291 g/mol. The van der Waals surface area contributed by atoms with E-state index < -0.39 is 5.91 Å². The third kappa shape index (κ3) is 3.60. The van der Waals surface area contributed by atoms with Gasteiger partial charge in [-0.15, -0.1) is 0 Å². The molecule has 5 nitrogen and oxygen atoms in total. The van der Waals surface area contributed by atoms with Crippen LogP contribution in [0.4, 0.5) is 5.69 Å². The Labute approximate surface area is 120 Å². The number of aliphatic hydroxyl groups is 1. The lowest BCUT2D eigenvalue weighted by Gasteiger charge is -2.06. The number of anilines is 1. The van der Waals surface area contributed by atoms with E-state index in [1.807, 2.05) is 0 Å². The van der Waals surface area contributed by atoms with Gasteiger partial charge in [-0.05, 0) is 18.2 Å². The van der Waals surface area contributed by atoms with Gasteiger partial charge in [0.05, 0.1) is 12.3 Å². The second-order valence-corrected chi connectivity index (χ2v) is 4.24. The summed E-state index contributed by atoms with van der Waals surface area (Å²) < 4.78 is 4.61. The van der Waals surface area contributed by atoms with Gasteiger partial charge in [0.15, 0.2) is 5.69 Å². The van der Waals surface area contributed by atoms with Crippen LogP contribution in [0, 0.1) is 11.8 Å². The Kier molecular flexibility index (Phi) is 4.77. The van der Waals surface area contributed by atoms with Crippen LogP contribution >= 0.6 is 11.6 Å². The number of halogens is 1. The van der Waals surface area contributed by atoms with Crippen LogP contribution in [0.2, 0.25) is 5.02 Å². The molecule has 0 saturated heterocycles. The molecule has 0 spiro atoms. The lowest BCUT2D eigenvalue weighted by atomic mass is 10.1. The van der Waals surface area contributed by atoms with Crippen LogP contribution in [-0.4, -0.2) is 22.8 Å². The molecule has 102 valence electrons. The standard InChI is InChI=1S/C14H11ClN2O3/c15-11-4-5-12(10(9-11)3-1-2-7-18)16-14(19)13-6-8-20-17-13/h4-6,8-9,18H,2,7H2,(H,16,19). The zero-order valence-electron chi connectivity index (χ0n) is 10.4. The molecule has 1 amide bonds. The van der Waals surface area contributed by atoms with Crippen molar-refractivity contribution in [1.82, 2.24) is 5.16 Å². The van der Waals surface area contributed by atoms with Gasteiger partial charge in [-0.3, -0.25) is 4.79 Å². The first-order valence-electron chi connectivity index (χ1n) is 5.81. The van der Waals surface area contributed by atoms with Crippen molar-refractivity contribution in [3.63, 3.8) is 0 Å². The molecule has 2 aromatic rings. The second-order valence-electron chi connectivity index (χ2n) is 3.80. The lowest BCUT2D eigenvalue weighted by Crippen LogP contribution is -2.13. The van der Waals surface area contributed by atoms with Crippen molar-refractivity contribution in [2.45, 2.75) is 6.42 Å². The Bertz CT molecular complexity index is 657. The smallest absolute Gasteiger partial charge is 0.277 e. The van der Waals surface area contributed by atoms with E-state index in [4.69, 9.17) is 16.7 Å². The number of nitrogens with one attached hydrogen (secondary N) is 1. The van der Waals surface area contributed by atoms with Gasteiger partial charge < -0.3 is 14.9 Å². The van der Waals surface area contributed by atoms with Gasteiger partial charge in [-0.25, -0.2) is 0 Å². The minimum absolute atomic E-state index is 0.0196. The summed E-state index contributed by atoms with van der Waals surface area (Å²) in [4.78, 5) is 11.9. The van der Waals surface area contributed by atoms with Crippen LogP contribution in [0.1, 0.15) is 22.5 Å². The van der Waals surface area contributed by atoms with Crippen molar-refractivity contribution in [2.24, 2.45) is 0 Å². The summed E-state index contributed by atoms with van der Waals surface area (Å²) in [6.45, 7) is -0.0196. The van der Waals surface area contributed by atoms with E-state index in [0.29, 0.717) is 22.7 Å². The highest BCUT2D eigenvalue weighted by atomic mass is 35.5. The first-order valence-corrected chi connectivity index (χ1v) is 6.19. The SMILES string of the molecule is O=C(Nc1ccc(Cl)cc1C#CCCO)c1ccon1. The van der Waals surface area contributed by atoms with Crippen LogP contribution in [0.3, 0.4) is 0 Å². The molecular weight excluding hydrogens is 280 g/mol. The molecule has 20 heavy (non-hydrogen) atoms. The molecule has 0 bridgehead atoms. The van der Waals surface area contributed by atoms with E-state index in [0.717, 1.165) is 0 Å². The summed E-state index contributed by atoms with van der Waals surface area (Å²) in [7, 11) is 0. The number of benzene rings is 1. The van der Waals surface area contributed by atoms with Gasteiger partial charge in [0.1, 0.15) is 6.26 Å². The highest BCUT2D eigenvalue weighted by Crippen LogP contribution is 2.20. The molecule has 2 rings (SSSR count). The highest BCUT2D eigenvalue weighted by molar-refractivity contribution is 6.30. The monoisotopic (exact) mass is 290 g/mol. The summed E-state index contributed by atoms with van der Waals surface area (Å²) in [6, 6.07) is 6.41. The fourth-order valence-corrected chi connectivity index (χ4v) is 1.63. The van der Waals surface area contributed by atoms with E-state index in [2.05, 4.69) is 26.8 Å². The van der Waals surface area contributed by atoms with E-state index in [1.165, 1.54) is 12.3 Å². The molecule has 1 heterocycles. The van der Waals surface area contributed by atoms with Gasteiger partial charge in [0, 0.05) is 23.1 Å². The van der Waals surface area contributed by atoms with Crippen LogP contribution < -0.4 is 5.32 Å². The number of hydrogen-bond donors (Lipinski definition) is 2. The summed E-state index contributed by atoms with van der Waals surface area (Å²) in [5.74, 6) is 5.24. The van der Waals surface area contributed by atoms with Crippen molar-refractivity contribution in [2.75, 3.05) is 11.9 Å². The van der Waals surface area contributed by atoms with Gasteiger partial charge in [0.2, 0.25) is 0 Å². The quantitative estimate of drug-likeness (QED) is 0.851. The second kappa shape index (κ2) is 6.75. The Morgan fingerprint density at radius 2 is 2.30 bits per heavy atom. The van der Waals surface area contributed by atoms with E-state index in [1.54, 1.807) is 18.2 Å². The summed E-state index contributed by atoms with van der Waals surface area (Å²) in [5.41, 5.74) is 1.27. The Balaban J connectivity index is 2.23. The number of nitrogens with zero attached hydrogens (tertiary/aromatic N) is 1. The molecule has 0 aliphatic carbocycles. The number of aliphatic hydroxyl groups excluding tert-OH is 1. The number of carbonyl (C=O) groups is 1. The molecule has 2 N–H and O–H groups in total. The fraction of sp³-hybridized carbons (Fsp3) is 0.143.